The maximum Gasteiger partial charge on any atom is 0.374 e. The van der Waals surface area contributed by atoms with Crippen LogP contribution in [0.5, 0.6) is 0 Å². The van der Waals surface area contributed by atoms with Gasteiger partial charge in [0.05, 0.1) is 7.11 Å². The van der Waals surface area contributed by atoms with Gasteiger partial charge in [-0.2, -0.15) is 0 Å². The Balaban J connectivity index is 0. The number of ketones is 1. The summed E-state index contributed by atoms with van der Waals surface area (Å²) in [5, 5.41) is 0. The summed E-state index contributed by atoms with van der Waals surface area (Å²) in [6.07, 6.45) is 0. The predicted molar refractivity (Wildman–Crippen MR) is 34.0 cm³/mol. The summed E-state index contributed by atoms with van der Waals surface area (Å²) in [4.78, 5) is 19.8. The van der Waals surface area contributed by atoms with Gasteiger partial charge in [-0.1, -0.05) is 0 Å². The highest BCUT2D eigenvalue weighted by molar-refractivity contribution is 6.32. The molecule has 8 heavy (non-hydrogen) atoms. The van der Waals surface area contributed by atoms with Gasteiger partial charge < -0.3 is 4.74 Å². The highest BCUT2D eigenvalue weighted by Crippen LogP contribution is 1.71. The Bertz CT molecular complexity index is 99.5. The number of methoxy groups -OCH3 is 1. The summed E-state index contributed by atoms with van der Waals surface area (Å²) in [5.41, 5.74) is 0. The van der Waals surface area contributed by atoms with E-state index in [1.54, 1.807) is 0 Å². The largest absolute Gasteiger partial charge is 0.463 e. The highest BCUT2D eigenvalue weighted by atomic mass is 28.1. The van der Waals surface area contributed by atoms with Crippen LogP contribution >= 0.6 is 0 Å². The Hall–Kier alpha value is -0.643. The van der Waals surface area contributed by atoms with E-state index in [9.17, 15) is 9.59 Å². The van der Waals surface area contributed by atoms with E-state index in [0.717, 1.165) is 6.92 Å². The average Bonchev–Trinajstić information content (AvgIpc) is 1.65. The van der Waals surface area contributed by atoms with Crippen molar-refractivity contribution >= 4 is 22.7 Å². The number of carbonyl (C=O) groups excluding carboxylic acids is 2. The molecule has 0 aliphatic rings. The van der Waals surface area contributed by atoms with Gasteiger partial charge in [-0.05, 0) is 11.0 Å². The molecule has 0 aliphatic heterocycles. The second kappa shape index (κ2) is 4.51. The number of Topliss-reactive ketones (excluding diaryl/α,β-unsaturated/α-hetero) is 1. The van der Waals surface area contributed by atoms with Gasteiger partial charge in [0.15, 0.2) is 0 Å². The smallest absolute Gasteiger partial charge is 0.374 e. The summed E-state index contributed by atoms with van der Waals surface area (Å²) in [5.74, 6) is -1.36. The molecule has 0 unspecified atom stereocenters. The van der Waals surface area contributed by atoms with Crippen LogP contribution in [0.4, 0.5) is 0 Å². The van der Waals surface area contributed by atoms with Crippen molar-refractivity contribution in [1.29, 1.82) is 0 Å². The molecule has 0 saturated carbocycles. The van der Waals surface area contributed by atoms with Gasteiger partial charge >= 0.3 is 5.97 Å². The molecule has 4 heteroatoms. The molecule has 0 N–H and O–H groups in total. The van der Waals surface area contributed by atoms with Gasteiger partial charge in [0, 0.05) is 6.92 Å². The zero-order chi connectivity index (χ0) is 5.86. The first-order valence-corrected chi connectivity index (χ1v) is 1.77. The van der Waals surface area contributed by atoms with Crippen LogP contribution in [0.15, 0.2) is 0 Å². The minimum absolute atomic E-state index is 0. The molecule has 0 aromatic rings. The fraction of sp³-hybridized carbons (Fsp3) is 0.500. The van der Waals surface area contributed by atoms with Crippen molar-refractivity contribution in [1.82, 2.24) is 0 Å². The Morgan fingerprint density at radius 2 is 1.75 bits per heavy atom. The lowest BCUT2D eigenvalue weighted by molar-refractivity contribution is -0.150. The minimum atomic E-state index is -0.792. The molecule has 0 aliphatic carbocycles. The molecule has 0 saturated heterocycles. The lowest BCUT2D eigenvalue weighted by Gasteiger charge is -1.86. The SMILES string of the molecule is COC(=O)C(C)=O.[SiH4]. The van der Waals surface area contributed by atoms with Crippen LogP contribution in [-0.4, -0.2) is 29.8 Å². The minimum Gasteiger partial charge on any atom is -0.463 e. The Kier molecular flexibility index (Phi) is 5.85. The van der Waals surface area contributed by atoms with Gasteiger partial charge in [0.1, 0.15) is 0 Å². The number of esters is 1. The fourth-order valence-electron chi connectivity index (χ4n) is 0.144. The molecule has 0 heterocycles. The lowest BCUT2D eigenvalue weighted by atomic mass is 10.5. The van der Waals surface area contributed by atoms with Crippen molar-refractivity contribution in [3.05, 3.63) is 0 Å². The van der Waals surface area contributed by atoms with Crippen molar-refractivity contribution < 1.29 is 14.3 Å². The van der Waals surface area contributed by atoms with Crippen molar-refractivity contribution in [3.63, 3.8) is 0 Å². The van der Waals surface area contributed by atoms with Gasteiger partial charge in [0.25, 0.3) is 0 Å². The van der Waals surface area contributed by atoms with E-state index in [0.29, 0.717) is 0 Å². The predicted octanol–water partition coefficient (Wildman–Crippen LogP) is -1.70. The molecule has 0 amide bonds. The quantitative estimate of drug-likeness (QED) is 0.244. The number of rotatable bonds is 1. The van der Waals surface area contributed by atoms with Crippen molar-refractivity contribution in [2.45, 2.75) is 6.92 Å². The second-order valence-corrected chi connectivity index (χ2v) is 1.05. The monoisotopic (exact) mass is 134 g/mol. The van der Waals surface area contributed by atoms with Crippen molar-refractivity contribution in [3.8, 4) is 0 Å². The van der Waals surface area contributed by atoms with Crippen LogP contribution in [0.1, 0.15) is 6.92 Å². The second-order valence-electron chi connectivity index (χ2n) is 1.05. The third kappa shape index (κ3) is 3.54. The maximum absolute atomic E-state index is 9.94. The number of carbonyl (C=O) groups is 2. The molecule has 48 valence electrons. The zero-order valence-electron chi connectivity index (χ0n) is 4.22. The van der Waals surface area contributed by atoms with Gasteiger partial charge in [-0.15, -0.1) is 0 Å². The van der Waals surface area contributed by atoms with Crippen LogP contribution in [0.2, 0.25) is 0 Å². The van der Waals surface area contributed by atoms with Crippen molar-refractivity contribution in [2.75, 3.05) is 7.11 Å². The molecule has 0 fully saturated rings. The highest BCUT2D eigenvalue weighted by Gasteiger charge is 2.03. The third-order valence-corrected chi connectivity index (χ3v) is 0.473. The molecule has 0 spiro atoms. The first-order valence-electron chi connectivity index (χ1n) is 1.77. The standard InChI is InChI=1S/C4H6O3.H4Si/c1-3(5)4(6)7-2;/h1-2H3;1H4. The van der Waals surface area contributed by atoms with Crippen LogP contribution in [0, 0.1) is 0 Å². The molecule has 0 rings (SSSR count). The van der Waals surface area contributed by atoms with Crippen molar-refractivity contribution in [2.24, 2.45) is 0 Å². The molecular formula is C4H10O3Si. The first-order chi connectivity index (χ1) is 3.18. The zero-order valence-corrected chi connectivity index (χ0v) is 4.22. The van der Waals surface area contributed by atoms with Crippen LogP contribution in [0.3, 0.4) is 0 Å². The average molecular weight is 134 g/mol. The summed E-state index contributed by atoms with van der Waals surface area (Å²) in [6, 6.07) is 0. The van der Waals surface area contributed by atoms with Crippen LogP contribution < -0.4 is 0 Å². The molecule has 0 bridgehead atoms. The lowest BCUT2D eigenvalue weighted by Crippen LogP contribution is -2.10. The topological polar surface area (TPSA) is 43.4 Å². The van der Waals surface area contributed by atoms with Crippen LogP contribution in [0.25, 0.3) is 0 Å². The summed E-state index contributed by atoms with van der Waals surface area (Å²) < 4.78 is 4.02. The molecule has 0 radical (unpaired) electrons. The fourth-order valence-corrected chi connectivity index (χ4v) is 0.144. The normalized spacial score (nSPS) is 6.75. The molecule has 0 aromatic heterocycles. The van der Waals surface area contributed by atoms with Gasteiger partial charge in [-0.25, -0.2) is 4.79 Å². The maximum atomic E-state index is 9.94. The Labute approximate surface area is 52.0 Å². The van der Waals surface area contributed by atoms with E-state index in [1.807, 2.05) is 0 Å². The van der Waals surface area contributed by atoms with Gasteiger partial charge in [0.2, 0.25) is 5.78 Å². The van der Waals surface area contributed by atoms with E-state index < -0.39 is 11.8 Å². The Morgan fingerprint density at radius 3 is 1.75 bits per heavy atom. The van der Waals surface area contributed by atoms with Gasteiger partial charge in [-0.3, -0.25) is 4.79 Å². The van der Waals surface area contributed by atoms with E-state index in [2.05, 4.69) is 4.74 Å². The number of hydrogen-bond acceptors (Lipinski definition) is 3. The van der Waals surface area contributed by atoms with Crippen LogP contribution in [-0.2, 0) is 14.3 Å². The molecule has 0 atom stereocenters. The van der Waals surface area contributed by atoms with E-state index >= 15 is 0 Å². The third-order valence-electron chi connectivity index (χ3n) is 0.473. The Morgan fingerprint density at radius 1 is 1.38 bits per heavy atom. The molecule has 3 nitrogen and oxygen atoms in total. The number of ether oxygens (including phenoxy) is 1. The van der Waals surface area contributed by atoms with E-state index in [4.69, 9.17) is 0 Å². The summed E-state index contributed by atoms with van der Waals surface area (Å²) in [7, 11) is 1.17. The summed E-state index contributed by atoms with van der Waals surface area (Å²) in [6.45, 7) is 1.16. The molecular weight excluding hydrogens is 124 g/mol. The van der Waals surface area contributed by atoms with E-state index in [-0.39, 0.29) is 11.0 Å². The number of hydrogen-bond donors (Lipinski definition) is 0. The summed E-state index contributed by atoms with van der Waals surface area (Å²) >= 11 is 0. The molecule has 0 aromatic carbocycles. The first kappa shape index (κ1) is 10.4. The van der Waals surface area contributed by atoms with E-state index in [1.165, 1.54) is 7.11 Å².